The van der Waals surface area contributed by atoms with E-state index in [9.17, 15) is 0 Å². The lowest BCUT2D eigenvalue weighted by Crippen LogP contribution is -2.59. The Morgan fingerprint density at radius 3 is 2.39 bits per heavy atom. The van der Waals surface area contributed by atoms with Crippen molar-refractivity contribution in [1.29, 1.82) is 0 Å². The van der Waals surface area contributed by atoms with Gasteiger partial charge in [0.25, 0.3) is 0 Å². The Balaban J connectivity index is 2.54. The van der Waals surface area contributed by atoms with E-state index in [4.69, 9.17) is 4.74 Å². The van der Waals surface area contributed by atoms with E-state index in [2.05, 4.69) is 58.7 Å². The maximum Gasteiger partial charge on any atom is 0.0645 e. The molecular weight excluding hydrogens is 224 g/mol. The summed E-state index contributed by atoms with van der Waals surface area (Å²) in [6.07, 6.45) is 0. The fraction of sp³-hybridized carbons (Fsp3) is 1.00. The van der Waals surface area contributed by atoms with E-state index in [0.29, 0.717) is 12.0 Å². The molecule has 0 radical (unpaired) electrons. The van der Waals surface area contributed by atoms with Gasteiger partial charge in [0.05, 0.1) is 13.2 Å². The minimum atomic E-state index is 0.160. The summed E-state index contributed by atoms with van der Waals surface area (Å²) in [6, 6.07) is 0.582. The predicted octanol–water partition coefficient (Wildman–Crippen LogP) is 2.51. The molecular formula is C15H32N2O. The lowest BCUT2D eigenvalue weighted by molar-refractivity contribution is -0.0778. The fourth-order valence-corrected chi connectivity index (χ4v) is 2.57. The molecule has 1 saturated heterocycles. The Bertz CT molecular complexity index is 258. The molecule has 2 atom stereocenters. The van der Waals surface area contributed by atoms with Crippen LogP contribution in [-0.4, -0.2) is 48.3 Å². The fourth-order valence-electron chi connectivity index (χ4n) is 2.57. The molecule has 1 rings (SSSR count). The summed E-state index contributed by atoms with van der Waals surface area (Å²) in [4.78, 5) is 2.60. The van der Waals surface area contributed by atoms with Gasteiger partial charge in [0.15, 0.2) is 0 Å². The summed E-state index contributed by atoms with van der Waals surface area (Å²) in [5.74, 6) is 0.640. The van der Waals surface area contributed by atoms with Gasteiger partial charge in [-0.15, -0.1) is 0 Å². The molecule has 108 valence electrons. The highest BCUT2D eigenvalue weighted by molar-refractivity contribution is 4.90. The van der Waals surface area contributed by atoms with E-state index in [-0.39, 0.29) is 11.1 Å². The topological polar surface area (TPSA) is 24.5 Å². The Kier molecular flexibility index (Phi) is 5.22. The van der Waals surface area contributed by atoms with Crippen LogP contribution in [0.5, 0.6) is 0 Å². The van der Waals surface area contributed by atoms with Gasteiger partial charge in [0.1, 0.15) is 0 Å². The van der Waals surface area contributed by atoms with E-state index >= 15 is 0 Å². The third kappa shape index (κ3) is 4.52. The highest BCUT2D eigenvalue weighted by Gasteiger charge is 2.35. The minimum absolute atomic E-state index is 0.160. The number of nitrogens with zero attached hydrogens (tertiary/aromatic N) is 1. The van der Waals surface area contributed by atoms with Crippen LogP contribution in [0.25, 0.3) is 0 Å². The Labute approximate surface area is 113 Å². The van der Waals surface area contributed by atoms with Gasteiger partial charge in [-0.05, 0) is 54.0 Å². The monoisotopic (exact) mass is 256 g/mol. The van der Waals surface area contributed by atoms with E-state index in [0.717, 1.165) is 26.3 Å². The van der Waals surface area contributed by atoms with Crippen LogP contribution in [0.15, 0.2) is 0 Å². The molecule has 2 unspecified atom stereocenters. The molecule has 18 heavy (non-hydrogen) atoms. The second-order valence-electron chi connectivity index (χ2n) is 7.41. The molecule has 1 aliphatic rings. The minimum Gasteiger partial charge on any atom is -0.378 e. The standard InChI is InChI=1S/C15H32N2O/c1-12(10-16-14(3,4)5)13(2)17-8-9-18-11-15(17,6)7/h12-13,16H,8-11H2,1-7H3. The highest BCUT2D eigenvalue weighted by Crippen LogP contribution is 2.25. The SMILES string of the molecule is CC(CNC(C)(C)C)C(C)N1CCOCC1(C)C. The molecule has 0 bridgehead atoms. The largest absolute Gasteiger partial charge is 0.378 e. The first-order valence-electron chi connectivity index (χ1n) is 7.23. The van der Waals surface area contributed by atoms with Crippen LogP contribution in [0.2, 0.25) is 0 Å². The number of hydrogen-bond donors (Lipinski definition) is 1. The van der Waals surface area contributed by atoms with Gasteiger partial charge in [-0.1, -0.05) is 6.92 Å². The molecule has 0 saturated carbocycles. The molecule has 0 aromatic rings. The molecule has 0 aromatic carbocycles. The molecule has 1 N–H and O–H groups in total. The molecule has 1 fully saturated rings. The van der Waals surface area contributed by atoms with Gasteiger partial charge in [0.2, 0.25) is 0 Å². The molecule has 0 aromatic heterocycles. The van der Waals surface area contributed by atoms with Crippen LogP contribution >= 0.6 is 0 Å². The second kappa shape index (κ2) is 5.89. The zero-order valence-corrected chi connectivity index (χ0v) is 13.3. The predicted molar refractivity (Wildman–Crippen MR) is 78.0 cm³/mol. The van der Waals surface area contributed by atoms with Crippen LogP contribution in [0.3, 0.4) is 0 Å². The van der Waals surface area contributed by atoms with Gasteiger partial charge >= 0.3 is 0 Å². The molecule has 1 aliphatic heterocycles. The number of ether oxygens (including phenoxy) is 1. The van der Waals surface area contributed by atoms with Crippen molar-refractivity contribution in [2.24, 2.45) is 5.92 Å². The smallest absolute Gasteiger partial charge is 0.0645 e. The first-order chi connectivity index (χ1) is 8.13. The Morgan fingerprint density at radius 1 is 1.28 bits per heavy atom. The maximum atomic E-state index is 5.60. The Hall–Kier alpha value is -0.120. The summed E-state index contributed by atoms with van der Waals surface area (Å²) in [5.41, 5.74) is 0.363. The van der Waals surface area contributed by atoms with E-state index < -0.39 is 0 Å². The van der Waals surface area contributed by atoms with Crippen molar-refractivity contribution < 1.29 is 4.74 Å². The average molecular weight is 256 g/mol. The molecule has 3 heteroatoms. The van der Waals surface area contributed by atoms with Crippen LogP contribution < -0.4 is 5.32 Å². The van der Waals surface area contributed by atoms with Crippen molar-refractivity contribution in [2.45, 2.75) is 65.6 Å². The second-order valence-corrected chi connectivity index (χ2v) is 7.41. The van der Waals surface area contributed by atoms with Crippen LogP contribution in [0.4, 0.5) is 0 Å². The quantitative estimate of drug-likeness (QED) is 0.836. The maximum absolute atomic E-state index is 5.60. The number of hydrogen-bond acceptors (Lipinski definition) is 3. The number of nitrogens with one attached hydrogen (secondary N) is 1. The average Bonchev–Trinajstić information content (AvgIpc) is 2.23. The molecule has 0 aliphatic carbocycles. The number of rotatable bonds is 4. The van der Waals surface area contributed by atoms with Gasteiger partial charge in [0, 0.05) is 23.7 Å². The van der Waals surface area contributed by atoms with Crippen molar-refractivity contribution in [1.82, 2.24) is 10.2 Å². The summed E-state index contributed by atoms with van der Waals surface area (Å²) in [5, 5.41) is 3.61. The highest BCUT2D eigenvalue weighted by atomic mass is 16.5. The molecule has 3 nitrogen and oxygen atoms in total. The van der Waals surface area contributed by atoms with Crippen molar-refractivity contribution in [3.63, 3.8) is 0 Å². The van der Waals surface area contributed by atoms with Crippen LogP contribution in [-0.2, 0) is 4.74 Å². The zero-order valence-electron chi connectivity index (χ0n) is 13.3. The summed E-state index contributed by atoms with van der Waals surface area (Å²) < 4.78 is 5.60. The summed E-state index contributed by atoms with van der Waals surface area (Å²) >= 11 is 0. The molecule has 0 amide bonds. The zero-order chi connectivity index (χ0) is 14.0. The van der Waals surface area contributed by atoms with Gasteiger partial charge in [-0.2, -0.15) is 0 Å². The van der Waals surface area contributed by atoms with E-state index in [1.54, 1.807) is 0 Å². The lowest BCUT2D eigenvalue weighted by atomic mass is 9.93. The van der Waals surface area contributed by atoms with Gasteiger partial charge in [-0.25, -0.2) is 0 Å². The van der Waals surface area contributed by atoms with Crippen molar-refractivity contribution in [2.75, 3.05) is 26.3 Å². The van der Waals surface area contributed by atoms with Gasteiger partial charge in [-0.3, -0.25) is 4.90 Å². The lowest BCUT2D eigenvalue weighted by Gasteiger charge is -2.47. The van der Waals surface area contributed by atoms with Crippen LogP contribution in [0.1, 0.15) is 48.5 Å². The Morgan fingerprint density at radius 2 is 1.89 bits per heavy atom. The third-order valence-electron chi connectivity index (χ3n) is 3.98. The van der Waals surface area contributed by atoms with E-state index in [1.165, 1.54) is 0 Å². The van der Waals surface area contributed by atoms with Crippen LogP contribution in [0, 0.1) is 5.92 Å². The van der Waals surface area contributed by atoms with Crippen molar-refractivity contribution in [3.05, 3.63) is 0 Å². The molecule has 1 heterocycles. The summed E-state index contributed by atoms with van der Waals surface area (Å²) in [7, 11) is 0. The molecule has 0 spiro atoms. The first-order valence-corrected chi connectivity index (χ1v) is 7.23. The first kappa shape index (κ1) is 15.9. The van der Waals surface area contributed by atoms with Crippen molar-refractivity contribution in [3.8, 4) is 0 Å². The van der Waals surface area contributed by atoms with Gasteiger partial charge < -0.3 is 10.1 Å². The van der Waals surface area contributed by atoms with Crippen molar-refractivity contribution >= 4 is 0 Å². The normalized spacial score (nSPS) is 24.8. The number of morpholine rings is 1. The third-order valence-corrected chi connectivity index (χ3v) is 3.98. The van der Waals surface area contributed by atoms with E-state index in [1.807, 2.05) is 0 Å². The summed E-state index contributed by atoms with van der Waals surface area (Å²) in [6.45, 7) is 19.8.